The van der Waals surface area contributed by atoms with Gasteiger partial charge in [-0.15, -0.1) is 0 Å². The van der Waals surface area contributed by atoms with Crippen LogP contribution in [0.15, 0.2) is 53.0 Å². The highest BCUT2D eigenvalue weighted by atomic mass is 35.5. The molecule has 0 fully saturated rings. The van der Waals surface area contributed by atoms with Crippen LogP contribution in [-0.2, 0) is 4.79 Å². The van der Waals surface area contributed by atoms with Gasteiger partial charge in [-0.1, -0.05) is 35.5 Å². The Balaban J connectivity index is 1.76. The van der Waals surface area contributed by atoms with Gasteiger partial charge in [-0.3, -0.25) is 4.79 Å². The summed E-state index contributed by atoms with van der Waals surface area (Å²) in [7, 11) is 0. The summed E-state index contributed by atoms with van der Waals surface area (Å²) in [4.78, 5) is 19.6. The smallest absolute Gasteiger partial charge is 0.250 e. The monoisotopic (exact) mass is 306 g/mol. The molecule has 0 aliphatic carbocycles. The molecule has 0 radical (unpaired) electrons. The average Bonchev–Trinajstić information content (AvgIpc) is 2.48. The summed E-state index contributed by atoms with van der Waals surface area (Å²) < 4.78 is 0. The van der Waals surface area contributed by atoms with Crippen molar-refractivity contribution in [2.24, 2.45) is 5.10 Å². The van der Waals surface area contributed by atoms with Crippen molar-refractivity contribution in [1.82, 2.24) is 15.4 Å². The Morgan fingerprint density at radius 1 is 1.30 bits per heavy atom. The predicted octanol–water partition coefficient (Wildman–Crippen LogP) is 2.37. The number of hydrogen-bond acceptors (Lipinski definition) is 5. The van der Waals surface area contributed by atoms with Gasteiger partial charge in [0.25, 0.3) is 5.91 Å². The minimum absolute atomic E-state index is 0.210. The van der Waals surface area contributed by atoms with Crippen LogP contribution >= 0.6 is 23.4 Å². The number of benzene rings is 1. The van der Waals surface area contributed by atoms with Gasteiger partial charge in [-0.25, -0.2) is 15.4 Å². The molecule has 0 unspecified atom stereocenters. The topological polar surface area (TPSA) is 67.2 Å². The zero-order valence-electron chi connectivity index (χ0n) is 10.4. The second-order valence-corrected chi connectivity index (χ2v) is 5.04. The van der Waals surface area contributed by atoms with E-state index in [0.717, 1.165) is 5.56 Å². The van der Waals surface area contributed by atoms with E-state index >= 15 is 0 Å². The van der Waals surface area contributed by atoms with Gasteiger partial charge in [0, 0.05) is 17.4 Å². The number of aromatic nitrogens is 2. The van der Waals surface area contributed by atoms with Gasteiger partial charge in [0.1, 0.15) is 0 Å². The molecule has 0 aliphatic heterocycles. The van der Waals surface area contributed by atoms with Crippen molar-refractivity contribution in [1.29, 1.82) is 0 Å². The van der Waals surface area contributed by atoms with Crippen LogP contribution in [0.5, 0.6) is 0 Å². The maximum atomic E-state index is 11.5. The van der Waals surface area contributed by atoms with Crippen LogP contribution in [0.25, 0.3) is 0 Å². The van der Waals surface area contributed by atoms with E-state index in [0.29, 0.717) is 10.2 Å². The van der Waals surface area contributed by atoms with Crippen LogP contribution in [0.4, 0.5) is 0 Å². The van der Waals surface area contributed by atoms with Crippen LogP contribution in [0.3, 0.4) is 0 Å². The van der Waals surface area contributed by atoms with E-state index in [1.54, 1.807) is 36.8 Å². The van der Waals surface area contributed by atoms with Crippen LogP contribution in [0, 0.1) is 0 Å². The minimum atomic E-state index is -0.215. The lowest BCUT2D eigenvalue weighted by Gasteiger charge is -1.99. The molecule has 0 spiro atoms. The Morgan fingerprint density at radius 3 is 2.70 bits per heavy atom. The maximum Gasteiger partial charge on any atom is 0.250 e. The highest BCUT2D eigenvalue weighted by Gasteiger charge is 2.02. The summed E-state index contributed by atoms with van der Waals surface area (Å²) in [6.45, 7) is 0. The number of hydrogen-bond donors (Lipinski definition) is 1. The number of halogens is 1. The molecule has 0 aliphatic rings. The Kier molecular flexibility index (Phi) is 5.52. The molecule has 0 saturated carbocycles. The first-order chi connectivity index (χ1) is 9.74. The van der Waals surface area contributed by atoms with Gasteiger partial charge in [-0.05, 0) is 23.8 Å². The average molecular weight is 307 g/mol. The number of carbonyl (C=O) groups is 1. The number of nitrogens with zero attached hydrogens (tertiary/aromatic N) is 3. The molecule has 0 atom stereocenters. The van der Waals surface area contributed by atoms with Crippen molar-refractivity contribution >= 4 is 35.5 Å². The number of thioether (sulfide) groups is 1. The number of rotatable bonds is 5. The van der Waals surface area contributed by atoms with Gasteiger partial charge in [0.2, 0.25) is 0 Å². The standard InChI is InChI=1S/C13H11ClN4OS/c14-11-4-2-10(3-5-11)8-17-18-12(19)9-20-13-15-6-1-7-16-13/h1-8H,9H2,(H,18,19)/b17-8-. The fourth-order valence-electron chi connectivity index (χ4n) is 1.25. The molecular weight excluding hydrogens is 296 g/mol. The van der Waals surface area contributed by atoms with E-state index in [-0.39, 0.29) is 11.7 Å². The normalized spacial score (nSPS) is 10.7. The first-order valence-electron chi connectivity index (χ1n) is 5.71. The Morgan fingerprint density at radius 2 is 2.00 bits per heavy atom. The summed E-state index contributed by atoms with van der Waals surface area (Å²) in [5.74, 6) is -0.00483. The number of carbonyl (C=O) groups excluding carboxylic acids is 1. The molecule has 0 saturated heterocycles. The van der Waals surface area contributed by atoms with Crippen molar-refractivity contribution < 1.29 is 4.79 Å². The molecule has 0 bridgehead atoms. The zero-order chi connectivity index (χ0) is 14.2. The van der Waals surface area contributed by atoms with E-state index in [4.69, 9.17) is 11.6 Å². The summed E-state index contributed by atoms with van der Waals surface area (Å²) in [6, 6.07) is 8.86. The Labute approximate surface area is 125 Å². The van der Waals surface area contributed by atoms with Crippen molar-refractivity contribution in [2.75, 3.05) is 5.75 Å². The fourth-order valence-corrected chi connectivity index (χ4v) is 1.97. The third kappa shape index (κ3) is 4.99. The fraction of sp³-hybridized carbons (Fsp3) is 0.0769. The Hall–Kier alpha value is -1.92. The number of amides is 1. The summed E-state index contributed by atoms with van der Waals surface area (Å²) in [5.41, 5.74) is 3.29. The van der Waals surface area contributed by atoms with Crippen molar-refractivity contribution in [3.8, 4) is 0 Å². The van der Waals surface area contributed by atoms with E-state index in [9.17, 15) is 4.79 Å². The molecule has 7 heteroatoms. The highest BCUT2D eigenvalue weighted by molar-refractivity contribution is 7.99. The lowest BCUT2D eigenvalue weighted by Crippen LogP contribution is -2.19. The molecule has 102 valence electrons. The molecule has 1 amide bonds. The molecule has 2 aromatic rings. The summed E-state index contributed by atoms with van der Waals surface area (Å²) in [5, 5.41) is 5.08. The molecular formula is C13H11ClN4OS. The molecule has 2 rings (SSSR count). The third-order valence-electron chi connectivity index (χ3n) is 2.15. The molecule has 1 aromatic heterocycles. The molecule has 5 nitrogen and oxygen atoms in total. The van der Waals surface area contributed by atoms with Crippen molar-refractivity contribution in [3.63, 3.8) is 0 Å². The quantitative estimate of drug-likeness (QED) is 0.398. The van der Waals surface area contributed by atoms with Gasteiger partial charge >= 0.3 is 0 Å². The number of hydrazone groups is 1. The van der Waals surface area contributed by atoms with E-state index in [1.807, 2.05) is 12.1 Å². The van der Waals surface area contributed by atoms with Gasteiger partial charge in [0.05, 0.1) is 12.0 Å². The second kappa shape index (κ2) is 7.62. The minimum Gasteiger partial charge on any atom is -0.272 e. The molecule has 1 aromatic carbocycles. The van der Waals surface area contributed by atoms with Gasteiger partial charge < -0.3 is 0 Å². The van der Waals surface area contributed by atoms with Gasteiger partial charge in [-0.2, -0.15) is 5.10 Å². The van der Waals surface area contributed by atoms with Crippen LogP contribution in [0.2, 0.25) is 5.02 Å². The maximum absolute atomic E-state index is 11.5. The van der Waals surface area contributed by atoms with Crippen LogP contribution in [0.1, 0.15) is 5.56 Å². The summed E-state index contributed by atoms with van der Waals surface area (Å²) >= 11 is 7.02. The SMILES string of the molecule is O=C(CSc1ncccn1)N/N=C\c1ccc(Cl)cc1. The summed E-state index contributed by atoms with van der Waals surface area (Å²) in [6.07, 6.45) is 4.82. The highest BCUT2D eigenvalue weighted by Crippen LogP contribution is 2.10. The first-order valence-corrected chi connectivity index (χ1v) is 7.08. The van der Waals surface area contributed by atoms with Gasteiger partial charge in [0.15, 0.2) is 5.16 Å². The number of nitrogens with one attached hydrogen (secondary N) is 1. The molecule has 1 N–H and O–H groups in total. The lowest BCUT2D eigenvalue weighted by molar-refractivity contribution is -0.118. The van der Waals surface area contributed by atoms with E-state index in [1.165, 1.54) is 11.8 Å². The van der Waals surface area contributed by atoms with Crippen molar-refractivity contribution in [2.45, 2.75) is 5.16 Å². The van der Waals surface area contributed by atoms with Crippen molar-refractivity contribution in [3.05, 3.63) is 53.3 Å². The first kappa shape index (κ1) is 14.5. The third-order valence-corrected chi connectivity index (χ3v) is 3.27. The largest absolute Gasteiger partial charge is 0.272 e. The second-order valence-electron chi connectivity index (χ2n) is 3.66. The van der Waals surface area contributed by atoms with E-state index < -0.39 is 0 Å². The molecule has 20 heavy (non-hydrogen) atoms. The Bertz CT molecular complexity index is 589. The predicted molar refractivity (Wildman–Crippen MR) is 79.9 cm³/mol. The van der Waals surface area contributed by atoms with Crippen LogP contribution < -0.4 is 5.43 Å². The zero-order valence-corrected chi connectivity index (χ0v) is 11.9. The molecule has 1 heterocycles. The van der Waals surface area contributed by atoms with E-state index in [2.05, 4.69) is 20.5 Å². The lowest BCUT2D eigenvalue weighted by atomic mass is 10.2. The van der Waals surface area contributed by atoms with Crippen LogP contribution in [-0.4, -0.2) is 27.8 Å².